The van der Waals surface area contributed by atoms with E-state index in [-0.39, 0.29) is 23.7 Å². The Balaban J connectivity index is 1.25. The zero-order valence-electron chi connectivity index (χ0n) is 18.9. The number of hydrogen-bond donors (Lipinski definition) is 0. The van der Waals surface area contributed by atoms with Gasteiger partial charge in [0.25, 0.3) is 5.91 Å². The normalized spacial score (nSPS) is 16.4. The van der Waals surface area contributed by atoms with Crippen LogP contribution < -0.4 is 4.90 Å². The molecule has 0 unspecified atom stereocenters. The van der Waals surface area contributed by atoms with E-state index in [0.717, 1.165) is 4.88 Å². The standard InChI is InChI=1S/C22H17F3N8O3S/c23-22(24,25)20-29-18(31-36-20)15-2-1-14(37-15)8-33(17-7-26-3-4-27-17)16-5-13(6-28-30-16)19(34)32-9-21(10-32)11-35-12-21/h1-7H,8-12H2. The summed E-state index contributed by atoms with van der Waals surface area (Å²) in [5.74, 6) is -0.907. The summed E-state index contributed by atoms with van der Waals surface area (Å²) < 4.78 is 48.1. The van der Waals surface area contributed by atoms with Gasteiger partial charge in [-0.15, -0.1) is 16.4 Å². The van der Waals surface area contributed by atoms with Crippen LogP contribution in [0.5, 0.6) is 0 Å². The molecule has 4 aromatic heterocycles. The predicted molar refractivity (Wildman–Crippen MR) is 122 cm³/mol. The molecule has 2 aliphatic rings. The number of nitrogens with zero attached hydrogens (tertiary/aromatic N) is 8. The molecular weight excluding hydrogens is 513 g/mol. The second kappa shape index (κ2) is 8.85. The van der Waals surface area contributed by atoms with Gasteiger partial charge in [0, 0.05) is 30.4 Å². The van der Waals surface area contributed by atoms with Crippen molar-refractivity contribution >= 4 is 28.9 Å². The van der Waals surface area contributed by atoms with Gasteiger partial charge in [-0.2, -0.15) is 23.3 Å². The lowest BCUT2D eigenvalue weighted by atomic mass is 9.78. The molecule has 0 bridgehead atoms. The minimum Gasteiger partial charge on any atom is -0.380 e. The van der Waals surface area contributed by atoms with Crippen LogP contribution in [-0.4, -0.2) is 67.4 Å². The van der Waals surface area contributed by atoms with Gasteiger partial charge in [-0.25, -0.2) is 4.98 Å². The molecule has 1 amide bonds. The first-order chi connectivity index (χ1) is 17.8. The van der Waals surface area contributed by atoms with Crippen LogP contribution in [0.2, 0.25) is 0 Å². The summed E-state index contributed by atoms with van der Waals surface area (Å²) in [4.78, 5) is 29.5. The number of halogens is 3. The van der Waals surface area contributed by atoms with E-state index < -0.39 is 12.1 Å². The fraction of sp³-hybridized carbons (Fsp3) is 0.318. The summed E-state index contributed by atoms with van der Waals surface area (Å²) in [5.41, 5.74) is 0.466. The number of rotatable bonds is 6. The summed E-state index contributed by atoms with van der Waals surface area (Å²) in [5, 5.41) is 11.7. The number of likely N-dealkylation sites (tertiary alicyclic amines) is 1. The average molecular weight is 530 g/mol. The molecule has 4 aromatic rings. The van der Waals surface area contributed by atoms with Crippen molar-refractivity contribution in [3.05, 3.63) is 59.3 Å². The summed E-state index contributed by atoms with van der Waals surface area (Å²) in [6.45, 7) is 2.84. The highest BCUT2D eigenvalue weighted by Crippen LogP contribution is 2.38. The summed E-state index contributed by atoms with van der Waals surface area (Å²) in [6.07, 6.45) is 1.27. The molecule has 0 N–H and O–H groups in total. The lowest BCUT2D eigenvalue weighted by Gasteiger charge is -2.54. The van der Waals surface area contributed by atoms with Gasteiger partial charge in [0.15, 0.2) is 11.6 Å². The van der Waals surface area contributed by atoms with Crippen LogP contribution in [0.25, 0.3) is 10.7 Å². The Morgan fingerprint density at radius 3 is 2.68 bits per heavy atom. The molecule has 0 atom stereocenters. The van der Waals surface area contributed by atoms with Crippen LogP contribution in [0.1, 0.15) is 21.1 Å². The second-order valence-electron chi connectivity index (χ2n) is 8.79. The monoisotopic (exact) mass is 530 g/mol. The number of thiophene rings is 1. The highest BCUT2D eigenvalue weighted by molar-refractivity contribution is 7.15. The van der Waals surface area contributed by atoms with Crippen molar-refractivity contribution in [2.75, 3.05) is 31.2 Å². The van der Waals surface area contributed by atoms with Crippen LogP contribution >= 0.6 is 11.3 Å². The Labute approximate surface area is 210 Å². The van der Waals surface area contributed by atoms with Gasteiger partial charge < -0.3 is 19.1 Å². The third-order valence-corrected chi connectivity index (χ3v) is 7.08. The second-order valence-corrected chi connectivity index (χ2v) is 9.96. The molecule has 2 aliphatic heterocycles. The third-order valence-electron chi connectivity index (χ3n) is 6.01. The Bertz CT molecular complexity index is 1430. The van der Waals surface area contributed by atoms with Crippen LogP contribution in [0.4, 0.5) is 24.8 Å². The van der Waals surface area contributed by atoms with Crippen LogP contribution in [0.3, 0.4) is 0 Å². The maximum absolute atomic E-state index is 13.0. The van der Waals surface area contributed by atoms with Gasteiger partial charge >= 0.3 is 12.1 Å². The molecule has 6 heterocycles. The Hall–Kier alpha value is -3.98. The molecule has 0 aromatic carbocycles. The van der Waals surface area contributed by atoms with E-state index in [1.54, 1.807) is 28.0 Å². The number of carbonyl (C=O) groups excluding carboxylic acids is 1. The average Bonchev–Trinajstić information content (AvgIpc) is 3.51. The molecule has 0 radical (unpaired) electrons. The van der Waals surface area contributed by atoms with Crippen LogP contribution in [0.15, 0.2) is 47.5 Å². The molecule has 1 spiro atoms. The summed E-state index contributed by atoms with van der Waals surface area (Å²) in [7, 11) is 0. The highest BCUT2D eigenvalue weighted by atomic mass is 32.1. The van der Waals surface area contributed by atoms with E-state index in [9.17, 15) is 18.0 Å². The van der Waals surface area contributed by atoms with Crippen molar-refractivity contribution in [2.45, 2.75) is 12.7 Å². The summed E-state index contributed by atoms with van der Waals surface area (Å²) in [6, 6.07) is 4.97. The third kappa shape index (κ3) is 4.51. The fourth-order valence-corrected chi connectivity index (χ4v) is 5.08. The molecule has 2 saturated heterocycles. The summed E-state index contributed by atoms with van der Waals surface area (Å²) >= 11 is 1.19. The van der Waals surface area contributed by atoms with Crippen LogP contribution in [0, 0.1) is 5.41 Å². The maximum atomic E-state index is 13.0. The van der Waals surface area contributed by atoms with Gasteiger partial charge in [0.1, 0.15) is 0 Å². The highest BCUT2D eigenvalue weighted by Gasteiger charge is 2.50. The van der Waals surface area contributed by atoms with Gasteiger partial charge in [-0.1, -0.05) is 5.16 Å². The molecule has 37 heavy (non-hydrogen) atoms. The minimum atomic E-state index is -4.72. The van der Waals surface area contributed by atoms with Crippen molar-refractivity contribution < 1.29 is 27.2 Å². The smallest absolute Gasteiger partial charge is 0.380 e. The van der Waals surface area contributed by atoms with Gasteiger partial charge in [-0.05, 0) is 18.2 Å². The van der Waals surface area contributed by atoms with Crippen LogP contribution in [-0.2, 0) is 17.5 Å². The quantitative estimate of drug-likeness (QED) is 0.367. The Morgan fingerprint density at radius 1 is 1.16 bits per heavy atom. The molecule has 2 fully saturated rings. The number of alkyl halides is 3. The first kappa shape index (κ1) is 23.4. The minimum absolute atomic E-state index is 0.0844. The maximum Gasteiger partial charge on any atom is 0.471 e. The molecule has 6 rings (SSSR count). The van der Waals surface area contributed by atoms with E-state index in [1.807, 2.05) is 0 Å². The first-order valence-corrected chi connectivity index (χ1v) is 11.8. The zero-order valence-corrected chi connectivity index (χ0v) is 19.7. The van der Waals surface area contributed by atoms with Gasteiger partial charge in [0.05, 0.1) is 48.0 Å². The largest absolute Gasteiger partial charge is 0.471 e. The van der Waals surface area contributed by atoms with Crippen molar-refractivity contribution in [1.82, 2.24) is 35.2 Å². The predicted octanol–water partition coefficient (Wildman–Crippen LogP) is 3.21. The van der Waals surface area contributed by atoms with Crippen molar-refractivity contribution in [1.29, 1.82) is 0 Å². The first-order valence-electron chi connectivity index (χ1n) is 11.0. The number of ether oxygens (including phenoxy) is 1. The van der Waals surface area contributed by atoms with Crippen molar-refractivity contribution in [3.8, 4) is 10.7 Å². The topological polar surface area (TPSA) is 123 Å². The lowest BCUT2D eigenvalue weighted by Crippen LogP contribution is -2.67. The molecule has 15 heteroatoms. The molecule has 11 nitrogen and oxygen atoms in total. The number of aromatic nitrogens is 6. The number of amides is 1. The SMILES string of the molecule is O=C(c1cnnc(N(Cc2ccc(-c3noc(C(F)(F)F)n3)s2)c2cnccn2)c1)N1CC2(COC2)C1. The number of hydrogen-bond acceptors (Lipinski definition) is 11. The van der Waals surface area contributed by atoms with E-state index in [1.165, 1.54) is 36.1 Å². The van der Waals surface area contributed by atoms with E-state index >= 15 is 0 Å². The molecule has 190 valence electrons. The van der Waals surface area contributed by atoms with E-state index in [2.05, 4.69) is 34.8 Å². The van der Waals surface area contributed by atoms with Crippen molar-refractivity contribution in [3.63, 3.8) is 0 Å². The lowest BCUT2D eigenvalue weighted by molar-refractivity contribution is -0.176. The molecular formula is C22H17F3N8O3S. The Kier molecular flexibility index (Phi) is 5.60. The number of carbonyl (C=O) groups is 1. The number of anilines is 2. The van der Waals surface area contributed by atoms with E-state index in [0.29, 0.717) is 48.4 Å². The van der Waals surface area contributed by atoms with Gasteiger partial charge in [0.2, 0.25) is 5.82 Å². The van der Waals surface area contributed by atoms with E-state index in [4.69, 9.17) is 4.74 Å². The van der Waals surface area contributed by atoms with Gasteiger partial charge in [-0.3, -0.25) is 9.78 Å². The fourth-order valence-electron chi connectivity index (χ4n) is 4.15. The molecule has 0 aliphatic carbocycles. The Morgan fingerprint density at radius 2 is 2.00 bits per heavy atom. The molecule has 0 saturated carbocycles. The zero-order chi connectivity index (χ0) is 25.6. The van der Waals surface area contributed by atoms with Crippen molar-refractivity contribution in [2.24, 2.45) is 5.41 Å².